The second kappa shape index (κ2) is 10.2. The van der Waals surface area contributed by atoms with Crippen LogP contribution in [-0.2, 0) is 20.8 Å². The maximum Gasteiger partial charge on any atom is 0.234 e. The average molecular weight is 490 g/mol. The van der Waals surface area contributed by atoms with Crippen LogP contribution < -0.4 is 19.7 Å². The lowest BCUT2D eigenvalue weighted by Gasteiger charge is -2.28. The summed E-state index contributed by atoms with van der Waals surface area (Å²) in [5, 5.41) is 12.3. The van der Waals surface area contributed by atoms with Crippen LogP contribution in [0.3, 0.4) is 0 Å². The maximum atomic E-state index is 12.8. The van der Waals surface area contributed by atoms with E-state index >= 15 is 0 Å². The number of amides is 1. The molecule has 11 nitrogen and oxygen atoms in total. The number of Topliss-reactive ketones (excluding diaryl/α,β-unsaturated/α-hetero) is 1. The van der Waals surface area contributed by atoms with Crippen LogP contribution in [0.1, 0.15) is 30.1 Å². The number of anilines is 2. The molecule has 0 spiro atoms. The third kappa shape index (κ3) is 4.98. The van der Waals surface area contributed by atoms with Crippen molar-refractivity contribution in [2.75, 3.05) is 55.7 Å². The fourth-order valence-electron chi connectivity index (χ4n) is 4.19. The van der Waals surface area contributed by atoms with Gasteiger partial charge < -0.3 is 29.2 Å². The van der Waals surface area contributed by atoms with Gasteiger partial charge in [0.2, 0.25) is 18.6 Å². The van der Waals surface area contributed by atoms with E-state index in [0.717, 1.165) is 38.5 Å². The molecule has 2 aromatic rings. The summed E-state index contributed by atoms with van der Waals surface area (Å²) in [6.45, 7) is 5.71. The van der Waals surface area contributed by atoms with E-state index < -0.39 is 0 Å². The summed E-state index contributed by atoms with van der Waals surface area (Å²) in [5.41, 5.74) is 0.774. The Labute approximate surface area is 201 Å². The van der Waals surface area contributed by atoms with E-state index in [1.54, 1.807) is 12.1 Å². The third-order valence-corrected chi connectivity index (χ3v) is 6.87. The van der Waals surface area contributed by atoms with Crippen molar-refractivity contribution in [1.29, 1.82) is 0 Å². The largest absolute Gasteiger partial charge is 0.454 e. The smallest absolute Gasteiger partial charge is 0.234 e. The van der Waals surface area contributed by atoms with E-state index in [1.807, 2.05) is 4.57 Å². The van der Waals surface area contributed by atoms with Gasteiger partial charge in [0.05, 0.1) is 37.3 Å². The Kier molecular flexibility index (Phi) is 6.88. The number of carbonyl (C=O) groups excluding carboxylic acids is 2. The molecule has 1 unspecified atom stereocenters. The Bertz CT molecular complexity index is 1060. The second-order valence-corrected chi connectivity index (χ2v) is 9.21. The number of ketones is 1. The minimum absolute atomic E-state index is 0.0891. The van der Waals surface area contributed by atoms with Gasteiger partial charge in [-0.1, -0.05) is 11.8 Å². The molecule has 1 aromatic carbocycles. The molecule has 12 heteroatoms. The molecule has 2 saturated heterocycles. The molecule has 2 fully saturated rings. The molecule has 0 bridgehead atoms. The van der Waals surface area contributed by atoms with Gasteiger partial charge in [-0.05, 0) is 25.8 Å². The SMILES string of the molecule is CC(=O)c1cc2c(cc1NC(=O)CSc1nnc(N3CCOCC3)n1CC1CCCO1)OCO2. The van der Waals surface area contributed by atoms with E-state index in [-0.39, 0.29) is 30.3 Å². The van der Waals surface area contributed by atoms with E-state index in [2.05, 4.69) is 20.4 Å². The highest BCUT2D eigenvalue weighted by Crippen LogP contribution is 2.37. The Hall–Kier alpha value is -2.83. The van der Waals surface area contributed by atoms with Crippen molar-refractivity contribution >= 4 is 35.1 Å². The fourth-order valence-corrected chi connectivity index (χ4v) is 4.93. The number of fused-ring (bicyclic) bond motifs is 1. The lowest BCUT2D eigenvalue weighted by Crippen LogP contribution is -2.38. The quantitative estimate of drug-likeness (QED) is 0.436. The first-order valence-corrected chi connectivity index (χ1v) is 12.3. The lowest BCUT2D eigenvalue weighted by atomic mass is 10.1. The Morgan fingerprint density at radius 2 is 1.94 bits per heavy atom. The van der Waals surface area contributed by atoms with Crippen LogP contribution in [-0.4, -0.2) is 78.0 Å². The Balaban J connectivity index is 1.29. The van der Waals surface area contributed by atoms with Gasteiger partial charge in [-0.3, -0.25) is 14.2 Å². The van der Waals surface area contributed by atoms with Crippen molar-refractivity contribution in [3.63, 3.8) is 0 Å². The van der Waals surface area contributed by atoms with Gasteiger partial charge in [0.25, 0.3) is 0 Å². The van der Waals surface area contributed by atoms with Crippen LogP contribution in [0.4, 0.5) is 11.6 Å². The molecular formula is C22H27N5O6S. The predicted octanol–water partition coefficient (Wildman–Crippen LogP) is 1.96. The van der Waals surface area contributed by atoms with E-state index in [0.29, 0.717) is 47.7 Å². The molecule has 4 heterocycles. The topological polar surface area (TPSA) is 117 Å². The first-order valence-electron chi connectivity index (χ1n) is 11.3. The molecule has 1 atom stereocenters. The average Bonchev–Trinajstić information content (AvgIpc) is 3.59. The standard InChI is InChI=1S/C22H27N5O6S/c1-14(28)16-9-18-19(33-13-32-18)10-17(16)23-20(29)12-34-22-25-24-21(26-4-7-30-8-5-26)27(22)11-15-3-2-6-31-15/h9-10,15H,2-8,11-13H2,1H3,(H,23,29). The monoisotopic (exact) mass is 489 g/mol. The van der Waals surface area contributed by atoms with Crippen LogP contribution in [0.25, 0.3) is 0 Å². The highest BCUT2D eigenvalue weighted by Gasteiger charge is 2.26. The van der Waals surface area contributed by atoms with Crippen molar-refractivity contribution in [1.82, 2.24) is 14.8 Å². The molecule has 0 aliphatic carbocycles. The van der Waals surface area contributed by atoms with Crippen molar-refractivity contribution < 1.29 is 28.5 Å². The van der Waals surface area contributed by atoms with Crippen LogP contribution in [0.5, 0.6) is 11.5 Å². The van der Waals surface area contributed by atoms with E-state index in [1.165, 1.54) is 18.7 Å². The fraction of sp³-hybridized carbons (Fsp3) is 0.545. The van der Waals surface area contributed by atoms with Crippen molar-refractivity contribution in [3.05, 3.63) is 17.7 Å². The number of morpholine rings is 1. The normalized spacial score (nSPS) is 19.4. The number of carbonyl (C=O) groups is 2. The molecule has 1 N–H and O–H groups in total. The highest BCUT2D eigenvalue weighted by atomic mass is 32.2. The minimum atomic E-state index is -0.258. The molecule has 3 aliphatic rings. The maximum absolute atomic E-state index is 12.8. The molecule has 0 saturated carbocycles. The summed E-state index contributed by atoms with van der Waals surface area (Å²) in [6.07, 6.45) is 2.14. The molecule has 0 radical (unpaired) electrons. The molecule has 34 heavy (non-hydrogen) atoms. The van der Waals surface area contributed by atoms with Gasteiger partial charge in [-0.15, -0.1) is 10.2 Å². The zero-order chi connectivity index (χ0) is 23.5. The highest BCUT2D eigenvalue weighted by molar-refractivity contribution is 7.99. The zero-order valence-electron chi connectivity index (χ0n) is 18.9. The number of thioether (sulfide) groups is 1. The summed E-state index contributed by atoms with van der Waals surface area (Å²) < 4.78 is 24.1. The zero-order valence-corrected chi connectivity index (χ0v) is 19.8. The van der Waals surface area contributed by atoms with Gasteiger partial charge in [0.15, 0.2) is 22.4 Å². The lowest BCUT2D eigenvalue weighted by molar-refractivity contribution is -0.113. The van der Waals surface area contributed by atoms with Crippen molar-refractivity contribution in [2.24, 2.45) is 0 Å². The molecule has 3 aliphatic heterocycles. The van der Waals surface area contributed by atoms with Gasteiger partial charge in [-0.25, -0.2) is 0 Å². The number of nitrogens with one attached hydrogen (secondary N) is 1. The molecule has 182 valence electrons. The van der Waals surface area contributed by atoms with E-state index in [9.17, 15) is 9.59 Å². The van der Waals surface area contributed by atoms with Gasteiger partial charge >= 0.3 is 0 Å². The van der Waals surface area contributed by atoms with Crippen molar-refractivity contribution in [3.8, 4) is 11.5 Å². The first kappa shape index (κ1) is 22.9. The minimum Gasteiger partial charge on any atom is -0.454 e. The first-order chi connectivity index (χ1) is 16.6. The number of hydrogen-bond acceptors (Lipinski definition) is 10. The van der Waals surface area contributed by atoms with Crippen LogP contribution in [0, 0.1) is 0 Å². The van der Waals surface area contributed by atoms with E-state index in [4.69, 9.17) is 18.9 Å². The number of benzene rings is 1. The van der Waals surface area contributed by atoms with Crippen LogP contribution in [0.15, 0.2) is 17.3 Å². The number of rotatable bonds is 8. The van der Waals surface area contributed by atoms with Crippen LogP contribution in [0.2, 0.25) is 0 Å². The Morgan fingerprint density at radius 1 is 1.15 bits per heavy atom. The molecule has 1 amide bonds. The summed E-state index contributed by atoms with van der Waals surface area (Å²) in [5.74, 6) is 1.45. The summed E-state index contributed by atoms with van der Waals surface area (Å²) in [7, 11) is 0. The second-order valence-electron chi connectivity index (χ2n) is 8.27. The summed E-state index contributed by atoms with van der Waals surface area (Å²) >= 11 is 1.31. The Morgan fingerprint density at radius 3 is 2.68 bits per heavy atom. The number of aromatic nitrogens is 3. The van der Waals surface area contributed by atoms with Crippen molar-refractivity contribution in [2.45, 2.75) is 37.6 Å². The number of hydrogen-bond donors (Lipinski definition) is 1. The van der Waals surface area contributed by atoms with Gasteiger partial charge in [-0.2, -0.15) is 0 Å². The predicted molar refractivity (Wildman–Crippen MR) is 124 cm³/mol. The molecule has 5 rings (SSSR count). The third-order valence-electron chi connectivity index (χ3n) is 5.90. The molecular weight excluding hydrogens is 462 g/mol. The summed E-state index contributed by atoms with van der Waals surface area (Å²) in [6, 6.07) is 3.22. The number of nitrogens with zero attached hydrogens (tertiary/aromatic N) is 4. The number of ether oxygens (including phenoxy) is 4. The van der Waals surface area contributed by atoms with Gasteiger partial charge in [0.1, 0.15) is 0 Å². The molecule has 1 aromatic heterocycles. The van der Waals surface area contributed by atoms with Crippen LogP contribution >= 0.6 is 11.8 Å². The van der Waals surface area contributed by atoms with Gasteiger partial charge in [0, 0.05) is 31.3 Å². The summed E-state index contributed by atoms with van der Waals surface area (Å²) in [4.78, 5) is 27.0.